The fourth-order valence-electron chi connectivity index (χ4n) is 2.98. The van der Waals surface area contributed by atoms with Crippen molar-refractivity contribution < 1.29 is 13.2 Å². The highest BCUT2D eigenvalue weighted by atomic mass is 32.2. The highest BCUT2D eigenvalue weighted by molar-refractivity contribution is 7.90. The summed E-state index contributed by atoms with van der Waals surface area (Å²) in [5.41, 5.74) is 0.347. The maximum atomic E-state index is 12.1. The lowest BCUT2D eigenvalue weighted by molar-refractivity contribution is -0.115. The number of carbonyl (C=O) groups excluding carboxylic acids is 1. The normalized spacial score (nSPS) is 17.3. The lowest BCUT2D eigenvalue weighted by Crippen LogP contribution is -2.36. The third-order valence-corrected chi connectivity index (χ3v) is 5.37. The topological polar surface area (TPSA) is 75.3 Å². The molecule has 23 heavy (non-hydrogen) atoms. The Morgan fingerprint density at radius 1 is 1.09 bits per heavy atom. The minimum absolute atomic E-state index is 0.152. The van der Waals surface area contributed by atoms with Crippen LogP contribution in [0.3, 0.4) is 0 Å². The molecule has 5 nitrogen and oxygen atoms in total. The monoisotopic (exact) mass is 338 g/mol. The molecule has 0 saturated heterocycles. The average Bonchev–Trinajstić information content (AvgIpc) is 2.45. The van der Waals surface area contributed by atoms with Crippen LogP contribution in [0.15, 0.2) is 29.2 Å². The molecule has 128 valence electrons. The zero-order valence-corrected chi connectivity index (χ0v) is 14.5. The van der Waals surface area contributed by atoms with Crippen molar-refractivity contribution in [1.29, 1.82) is 0 Å². The molecule has 0 aliphatic heterocycles. The first-order valence-corrected chi connectivity index (χ1v) is 10.2. The van der Waals surface area contributed by atoms with Gasteiger partial charge in [0, 0.05) is 12.3 Å². The van der Waals surface area contributed by atoms with E-state index in [1.54, 1.807) is 18.2 Å². The SMILES string of the molecule is CS(=O)(=O)c1ccccc1NC(=O)CNC1CCCCCCC1. The minimum Gasteiger partial charge on any atom is -0.324 e. The fraction of sp³-hybridized carbons (Fsp3) is 0.588. The van der Waals surface area contributed by atoms with E-state index in [-0.39, 0.29) is 17.3 Å². The lowest BCUT2D eigenvalue weighted by atomic mass is 9.97. The molecule has 0 spiro atoms. The van der Waals surface area contributed by atoms with Gasteiger partial charge in [-0.2, -0.15) is 0 Å². The van der Waals surface area contributed by atoms with E-state index in [1.165, 1.54) is 38.2 Å². The first-order valence-electron chi connectivity index (χ1n) is 8.29. The van der Waals surface area contributed by atoms with Crippen LogP contribution >= 0.6 is 0 Å². The summed E-state index contributed by atoms with van der Waals surface area (Å²) in [5, 5.41) is 6.01. The van der Waals surface area contributed by atoms with Gasteiger partial charge in [0.15, 0.2) is 9.84 Å². The van der Waals surface area contributed by atoms with Gasteiger partial charge in [0.25, 0.3) is 0 Å². The molecule has 0 atom stereocenters. The Morgan fingerprint density at radius 3 is 2.35 bits per heavy atom. The number of carbonyl (C=O) groups is 1. The summed E-state index contributed by atoms with van der Waals surface area (Å²) in [7, 11) is -3.36. The van der Waals surface area contributed by atoms with Crippen molar-refractivity contribution in [3.05, 3.63) is 24.3 Å². The van der Waals surface area contributed by atoms with Gasteiger partial charge < -0.3 is 10.6 Å². The van der Waals surface area contributed by atoms with Gasteiger partial charge in [-0.25, -0.2) is 8.42 Å². The van der Waals surface area contributed by atoms with Crippen molar-refractivity contribution in [3.63, 3.8) is 0 Å². The summed E-state index contributed by atoms with van der Waals surface area (Å²) in [6, 6.07) is 6.87. The van der Waals surface area contributed by atoms with Crippen molar-refractivity contribution in [2.24, 2.45) is 0 Å². The van der Waals surface area contributed by atoms with Crippen LogP contribution in [0.4, 0.5) is 5.69 Å². The van der Waals surface area contributed by atoms with Crippen molar-refractivity contribution >= 4 is 21.4 Å². The lowest BCUT2D eigenvalue weighted by Gasteiger charge is -2.21. The number of rotatable bonds is 5. The Balaban J connectivity index is 1.90. The highest BCUT2D eigenvalue weighted by Crippen LogP contribution is 2.20. The predicted octanol–water partition coefficient (Wildman–Crippen LogP) is 2.73. The summed E-state index contributed by atoms with van der Waals surface area (Å²) < 4.78 is 23.5. The molecule has 1 fully saturated rings. The molecule has 0 unspecified atom stereocenters. The van der Waals surface area contributed by atoms with Gasteiger partial charge in [-0.15, -0.1) is 0 Å². The summed E-state index contributed by atoms with van der Waals surface area (Å²) in [4.78, 5) is 12.3. The van der Waals surface area contributed by atoms with Crippen molar-refractivity contribution in [1.82, 2.24) is 5.32 Å². The third kappa shape index (κ3) is 5.95. The minimum atomic E-state index is -3.36. The number of amides is 1. The van der Waals surface area contributed by atoms with E-state index < -0.39 is 9.84 Å². The van der Waals surface area contributed by atoms with E-state index in [0.717, 1.165) is 19.1 Å². The molecule has 0 bridgehead atoms. The molecule has 0 aromatic heterocycles. The van der Waals surface area contributed by atoms with E-state index >= 15 is 0 Å². The van der Waals surface area contributed by atoms with Crippen LogP contribution in [0.5, 0.6) is 0 Å². The first kappa shape index (κ1) is 17.9. The Bertz CT molecular complexity index is 620. The van der Waals surface area contributed by atoms with Gasteiger partial charge in [-0.1, -0.05) is 44.2 Å². The molecule has 1 aliphatic rings. The molecule has 1 aromatic rings. The van der Waals surface area contributed by atoms with Crippen LogP contribution < -0.4 is 10.6 Å². The van der Waals surface area contributed by atoms with E-state index in [0.29, 0.717) is 11.7 Å². The number of para-hydroxylation sites is 1. The summed E-state index contributed by atoms with van der Waals surface area (Å²) in [6.07, 6.45) is 9.62. The molecular weight excluding hydrogens is 312 g/mol. The average molecular weight is 338 g/mol. The smallest absolute Gasteiger partial charge is 0.238 e. The predicted molar refractivity (Wildman–Crippen MR) is 92.3 cm³/mol. The Hall–Kier alpha value is -1.40. The number of hydrogen-bond acceptors (Lipinski definition) is 4. The molecule has 0 heterocycles. The summed E-state index contributed by atoms with van der Waals surface area (Å²) in [6.45, 7) is 0.211. The van der Waals surface area contributed by atoms with Gasteiger partial charge in [0.05, 0.1) is 17.1 Å². The summed E-state index contributed by atoms with van der Waals surface area (Å²) >= 11 is 0. The highest BCUT2D eigenvalue weighted by Gasteiger charge is 2.16. The van der Waals surface area contributed by atoms with Gasteiger partial charge in [0.2, 0.25) is 5.91 Å². The second-order valence-electron chi connectivity index (χ2n) is 6.24. The zero-order valence-electron chi connectivity index (χ0n) is 13.7. The molecule has 0 radical (unpaired) electrons. The number of nitrogens with one attached hydrogen (secondary N) is 2. The molecule has 1 aromatic carbocycles. The molecule has 1 amide bonds. The van der Waals surface area contributed by atoms with E-state index in [2.05, 4.69) is 10.6 Å². The molecular formula is C17H26N2O3S. The van der Waals surface area contributed by atoms with Crippen LogP contribution in [0.25, 0.3) is 0 Å². The second kappa shape index (κ2) is 8.45. The molecule has 2 rings (SSSR count). The van der Waals surface area contributed by atoms with Crippen LogP contribution in [0.2, 0.25) is 0 Å². The van der Waals surface area contributed by atoms with Gasteiger partial charge in [-0.05, 0) is 25.0 Å². The van der Waals surface area contributed by atoms with Crippen molar-refractivity contribution in [2.75, 3.05) is 18.1 Å². The number of sulfone groups is 1. The van der Waals surface area contributed by atoms with Crippen LogP contribution in [0, 0.1) is 0 Å². The number of anilines is 1. The zero-order chi connectivity index (χ0) is 16.7. The van der Waals surface area contributed by atoms with E-state index in [4.69, 9.17) is 0 Å². The molecule has 1 saturated carbocycles. The Kier molecular flexibility index (Phi) is 6.59. The molecule has 1 aliphatic carbocycles. The molecule has 6 heteroatoms. The van der Waals surface area contributed by atoms with E-state index in [1.807, 2.05) is 0 Å². The van der Waals surface area contributed by atoms with Gasteiger partial charge in [0.1, 0.15) is 0 Å². The van der Waals surface area contributed by atoms with Crippen molar-refractivity contribution in [3.8, 4) is 0 Å². The quantitative estimate of drug-likeness (QED) is 0.865. The first-order chi connectivity index (χ1) is 11.0. The Labute approximate surface area is 138 Å². The maximum absolute atomic E-state index is 12.1. The van der Waals surface area contributed by atoms with Crippen LogP contribution in [-0.2, 0) is 14.6 Å². The van der Waals surface area contributed by atoms with Crippen molar-refractivity contribution in [2.45, 2.75) is 55.9 Å². The maximum Gasteiger partial charge on any atom is 0.238 e. The Morgan fingerprint density at radius 2 is 1.70 bits per heavy atom. The fourth-order valence-corrected chi connectivity index (χ4v) is 3.83. The van der Waals surface area contributed by atoms with Gasteiger partial charge in [-0.3, -0.25) is 4.79 Å². The van der Waals surface area contributed by atoms with Crippen LogP contribution in [0.1, 0.15) is 44.9 Å². The number of benzene rings is 1. The summed E-state index contributed by atoms with van der Waals surface area (Å²) in [5.74, 6) is -0.205. The largest absolute Gasteiger partial charge is 0.324 e. The van der Waals surface area contributed by atoms with Crippen LogP contribution in [-0.4, -0.2) is 33.2 Å². The standard InChI is InChI=1S/C17H26N2O3S/c1-23(21,22)16-12-8-7-11-15(16)19-17(20)13-18-14-9-5-3-2-4-6-10-14/h7-8,11-12,14,18H,2-6,9-10,13H2,1H3,(H,19,20). The molecule has 2 N–H and O–H groups in total. The second-order valence-corrected chi connectivity index (χ2v) is 8.22. The van der Waals surface area contributed by atoms with E-state index in [9.17, 15) is 13.2 Å². The van der Waals surface area contributed by atoms with Gasteiger partial charge >= 0.3 is 0 Å². The number of hydrogen-bond donors (Lipinski definition) is 2. The third-order valence-electron chi connectivity index (χ3n) is 4.22.